The van der Waals surface area contributed by atoms with Crippen molar-refractivity contribution in [1.82, 2.24) is 4.98 Å². The first kappa shape index (κ1) is 9.75. The van der Waals surface area contributed by atoms with Crippen LogP contribution in [0.25, 0.3) is 0 Å². The van der Waals surface area contributed by atoms with Crippen molar-refractivity contribution in [3.63, 3.8) is 0 Å². The van der Waals surface area contributed by atoms with Crippen LogP contribution in [0.5, 0.6) is 0 Å². The Morgan fingerprint density at radius 2 is 2.08 bits per heavy atom. The minimum atomic E-state index is -1.13. The van der Waals surface area contributed by atoms with Gasteiger partial charge in [-0.05, 0) is 0 Å². The summed E-state index contributed by atoms with van der Waals surface area (Å²) in [6.45, 7) is 5.74. The number of aromatic nitrogens is 1. The Morgan fingerprint density at radius 1 is 1.42 bits per heavy atom. The Morgan fingerprint density at radius 3 is 2.58 bits per heavy atom. The molecule has 0 spiro atoms. The van der Waals surface area contributed by atoms with Crippen LogP contribution in [-0.2, 0) is 13.8 Å². The summed E-state index contributed by atoms with van der Waals surface area (Å²) in [5, 5.41) is 0. The molecule has 0 atom stereocenters. The van der Waals surface area contributed by atoms with Gasteiger partial charge in [0.15, 0.2) is 0 Å². The van der Waals surface area contributed by atoms with E-state index in [0.29, 0.717) is 0 Å². The molecule has 1 aromatic rings. The Hall–Kier alpha value is -0.340. The van der Waals surface area contributed by atoms with Crippen LogP contribution >= 0.6 is 0 Å². The third kappa shape index (κ3) is 2.95. The zero-order chi connectivity index (χ0) is 9.19. The van der Waals surface area contributed by atoms with Crippen LogP contribution in [0.15, 0.2) is 18.3 Å². The van der Waals surface area contributed by atoms with Crippen LogP contribution in [0.3, 0.4) is 0 Å². The van der Waals surface area contributed by atoms with E-state index in [4.69, 9.17) is 5.73 Å². The third-order valence-electron chi connectivity index (χ3n) is 1.07. The van der Waals surface area contributed by atoms with E-state index in [1.807, 2.05) is 12.1 Å². The van der Waals surface area contributed by atoms with Gasteiger partial charge in [-0.1, -0.05) is 0 Å². The predicted molar refractivity (Wildman–Crippen MR) is 51.6 cm³/mol. The van der Waals surface area contributed by atoms with E-state index in [2.05, 4.69) is 24.6 Å². The molecule has 0 saturated heterocycles. The molecule has 0 fully saturated rings. The maximum atomic E-state index is 5.77. The summed E-state index contributed by atoms with van der Waals surface area (Å²) in [6, 6.07) is 3.77. The van der Waals surface area contributed by atoms with Gasteiger partial charge in [0.05, 0.1) is 0 Å². The molecular weight excluding hydrogens is 211 g/mol. The number of pyridine rings is 1. The monoisotopic (exact) mass is 224 g/mol. The van der Waals surface area contributed by atoms with Gasteiger partial charge in [-0.15, -0.1) is 0 Å². The van der Waals surface area contributed by atoms with Crippen molar-refractivity contribution in [2.75, 3.05) is 5.73 Å². The molecule has 0 bridgehead atoms. The fraction of sp³-hybridized carbons (Fsp3) is 0.375. The average Bonchev–Trinajstić information content (AvgIpc) is 1.91. The Bertz CT molecular complexity index is 270. The molecule has 2 nitrogen and oxygen atoms in total. The van der Waals surface area contributed by atoms with Crippen molar-refractivity contribution in [2.24, 2.45) is 0 Å². The van der Waals surface area contributed by atoms with Crippen LogP contribution in [-0.4, -0.2) is 11.8 Å². The normalized spacial score (nSPS) is 11.9. The summed E-state index contributed by atoms with van der Waals surface area (Å²) in [4.78, 5) is 4.25. The number of nitrogens with zero attached hydrogens (tertiary/aromatic N) is 1. The van der Waals surface area contributed by atoms with Gasteiger partial charge in [-0.25, -0.2) is 0 Å². The summed E-state index contributed by atoms with van der Waals surface area (Å²) >= 11 is 1.64. The number of hydrogen-bond acceptors (Lipinski definition) is 2. The van der Waals surface area contributed by atoms with Gasteiger partial charge in [-0.3, -0.25) is 0 Å². The van der Waals surface area contributed by atoms with E-state index in [1.54, 1.807) is 20.0 Å². The van der Waals surface area contributed by atoms with Crippen LogP contribution in [0.1, 0.15) is 0 Å². The fourth-order valence-electron chi connectivity index (χ4n) is 0.679. The van der Waals surface area contributed by atoms with E-state index in [0.717, 1.165) is 10.4 Å². The van der Waals surface area contributed by atoms with Gasteiger partial charge in [0.1, 0.15) is 0 Å². The van der Waals surface area contributed by atoms with Crippen molar-refractivity contribution in [1.29, 1.82) is 0 Å². The van der Waals surface area contributed by atoms with Crippen molar-refractivity contribution >= 4 is 17.1 Å². The summed E-state index contributed by atoms with van der Waals surface area (Å²) in [6.07, 6.45) is 1.80. The van der Waals surface area contributed by atoms with Crippen molar-refractivity contribution in [3.05, 3.63) is 18.3 Å². The predicted octanol–water partition coefficient (Wildman–Crippen LogP) is 1.21. The van der Waals surface area contributed by atoms with Gasteiger partial charge >= 0.3 is 79.6 Å². The van der Waals surface area contributed by atoms with Crippen molar-refractivity contribution in [2.45, 2.75) is 19.6 Å². The van der Waals surface area contributed by atoms with Gasteiger partial charge in [0, 0.05) is 0 Å². The first-order valence-electron chi connectivity index (χ1n) is 3.79. The molecule has 70 valence electrons. The summed E-state index contributed by atoms with van der Waals surface area (Å²) in [5.41, 5.74) is 6.58. The fourth-order valence-corrected chi connectivity index (χ4v) is 4.14. The summed E-state index contributed by atoms with van der Waals surface area (Å²) in [5.74, 6) is 0. The molecule has 0 saturated carbocycles. The zero-order valence-electron chi connectivity index (χ0n) is 7.57. The second-order valence-corrected chi connectivity index (χ2v) is 13.2. The SMILES string of the molecule is C[Si](C)(C)[Ni][c]1ncccc1N. The molecule has 1 rings (SSSR count). The van der Waals surface area contributed by atoms with Gasteiger partial charge < -0.3 is 0 Å². The van der Waals surface area contributed by atoms with E-state index in [-0.39, 0.29) is 0 Å². The van der Waals surface area contributed by atoms with Gasteiger partial charge in [0.2, 0.25) is 0 Å². The Kier molecular flexibility index (Phi) is 2.91. The van der Waals surface area contributed by atoms with Crippen molar-refractivity contribution < 1.29 is 13.8 Å². The summed E-state index contributed by atoms with van der Waals surface area (Å²) < 4.78 is 1.00. The Labute approximate surface area is 79.9 Å². The maximum absolute atomic E-state index is 5.77. The number of nitrogen functional groups attached to an aromatic ring is 1. The average molecular weight is 225 g/mol. The zero-order valence-corrected chi connectivity index (χ0v) is 9.56. The van der Waals surface area contributed by atoms with Crippen LogP contribution in [0.2, 0.25) is 19.6 Å². The molecule has 0 radical (unpaired) electrons. The molecule has 1 aromatic heterocycles. The van der Waals surface area contributed by atoms with Crippen LogP contribution < -0.4 is 10.4 Å². The molecule has 0 unspecified atom stereocenters. The topological polar surface area (TPSA) is 38.9 Å². The number of rotatable bonds is 2. The Balaban J connectivity index is 2.83. The minimum absolute atomic E-state index is 0.805. The number of hydrogen-bond donors (Lipinski definition) is 1. The second kappa shape index (κ2) is 3.58. The molecule has 0 aliphatic heterocycles. The van der Waals surface area contributed by atoms with Gasteiger partial charge in [0.25, 0.3) is 0 Å². The number of anilines is 1. The molecule has 0 aliphatic rings. The molecule has 12 heavy (non-hydrogen) atoms. The molecule has 0 aromatic carbocycles. The third-order valence-corrected chi connectivity index (χ3v) is 5.03. The van der Waals surface area contributed by atoms with E-state index in [9.17, 15) is 0 Å². The first-order chi connectivity index (χ1) is 5.49. The first-order valence-corrected chi connectivity index (χ1v) is 9.08. The van der Waals surface area contributed by atoms with Gasteiger partial charge in [-0.2, -0.15) is 0 Å². The second-order valence-electron chi connectivity index (χ2n) is 3.41. The van der Waals surface area contributed by atoms with E-state index < -0.39 is 6.77 Å². The van der Waals surface area contributed by atoms with E-state index in [1.165, 1.54) is 0 Å². The molecule has 0 amide bonds. The van der Waals surface area contributed by atoms with Crippen LogP contribution in [0.4, 0.5) is 5.69 Å². The molecular formula is C8H14N2NiSi. The number of nitrogens with two attached hydrogens (primary N) is 1. The molecule has 4 heteroatoms. The summed E-state index contributed by atoms with van der Waals surface area (Å²) in [7, 11) is 0. The molecule has 0 aliphatic carbocycles. The standard InChI is InChI=1S/C5H5N2.C3H9Si.Ni/c6-5-2-1-3-7-4-5;1-4(2)3;/h1-3H,6H2;1-3H3;. The molecule has 1 heterocycles. The quantitative estimate of drug-likeness (QED) is 0.768. The van der Waals surface area contributed by atoms with E-state index >= 15 is 0 Å². The van der Waals surface area contributed by atoms with Crippen molar-refractivity contribution in [3.8, 4) is 0 Å². The van der Waals surface area contributed by atoms with Crippen LogP contribution in [0, 0.1) is 0 Å². The molecule has 2 N–H and O–H groups in total.